The number of rotatable bonds is 4. The van der Waals surface area contributed by atoms with Crippen molar-refractivity contribution in [1.82, 2.24) is 5.32 Å². The maximum absolute atomic E-state index is 12.1. The zero-order valence-corrected chi connectivity index (χ0v) is 16.6. The second-order valence-corrected chi connectivity index (χ2v) is 8.37. The number of hydrogen-bond acceptors (Lipinski definition) is 6. The normalized spacial score (nSPS) is 23.2. The Bertz CT molecular complexity index is 738. The van der Waals surface area contributed by atoms with Crippen LogP contribution in [0.4, 0.5) is 5.69 Å². The van der Waals surface area contributed by atoms with Crippen molar-refractivity contribution in [2.24, 2.45) is 10.4 Å². The van der Waals surface area contributed by atoms with Crippen molar-refractivity contribution >= 4 is 29.1 Å². The maximum Gasteiger partial charge on any atom is 0.329 e. The number of carbonyl (C=O) groups excluding carboxylic acids is 1. The predicted molar refractivity (Wildman–Crippen MR) is 106 cm³/mol. The smallest absolute Gasteiger partial charge is 0.329 e. The molecule has 0 fully saturated rings. The van der Waals surface area contributed by atoms with Gasteiger partial charge in [-0.05, 0) is 49.4 Å². The topological polar surface area (TPSA) is 59.9 Å². The third-order valence-corrected chi connectivity index (χ3v) is 5.76. The molecule has 0 saturated heterocycles. The number of methoxy groups -OCH3 is 1. The molecule has 0 radical (unpaired) electrons. The highest BCUT2D eigenvalue weighted by Crippen LogP contribution is 2.43. The number of carbonyl (C=O) groups is 1. The van der Waals surface area contributed by atoms with Crippen LogP contribution in [0.1, 0.15) is 33.6 Å². The summed E-state index contributed by atoms with van der Waals surface area (Å²) >= 11 is 1.71. The molecule has 3 rings (SSSR count). The van der Waals surface area contributed by atoms with Gasteiger partial charge in [0.15, 0.2) is 0 Å². The molecule has 26 heavy (non-hydrogen) atoms. The van der Waals surface area contributed by atoms with Crippen LogP contribution < -0.4 is 10.1 Å². The molecule has 0 amide bonds. The van der Waals surface area contributed by atoms with Crippen molar-refractivity contribution in [3.05, 3.63) is 34.9 Å². The van der Waals surface area contributed by atoms with Gasteiger partial charge >= 0.3 is 5.97 Å². The Morgan fingerprint density at radius 1 is 1.31 bits per heavy atom. The molecular weight excluding hydrogens is 348 g/mol. The van der Waals surface area contributed by atoms with Crippen LogP contribution in [-0.2, 0) is 9.53 Å². The molecule has 1 aromatic carbocycles. The van der Waals surface area contributed by atoms with Gasteiger partial charge in [0.25, 0.3) is 0 Å². The average molecular weight is 375 g/mol. The van der Waals surface area contributed by atoms with Gasteiger partial charge in [-0.3, -0.25) is 4.99 Å². The second-order valence-electron chi connectivity index (χ2n) is 7.34. The monoisotopic (exact) mass is 374 g/mol. The summed E-state index contributed by atoms with van der Waals surface area (Å²) in [6.45, 7) is 6.71. The Morgan fingerprint density at radius 3 is 2.69 bits per heavy atom. The lowest BCUT2D eigenvalue weighted by atomic mass is 9.78. The SMILES string of the molecule is CCOC(=O)[C@@H]1CSC2=C(CC(C)(C)CC2=Nc2ccc(OC)cc2)N1. The predicted octanol–water partition coefficient (Wildman–Crippen LogP) is 4.07. The number of benzene rings is 1. The third-order valence-electron chi connectivity index (χ3n) is 4.49. The largest absolute Gasteiger partial charge is 0.497 e. The van der Waals surface area contributed by atoms with E-state index in [0.29, 0.717) is 12.4 Å². The summed E-state index contributed by atoms with van der Waals surface area (Å²) in [5.41, 5.74) is 3.20. The summed E-state index contributed by atoms with van der Waals surface area (Å²) in [6, 6.07) is 7.50. The fourth-order valence-corrected chi connectivity index (χ4v) is 4.45. The molecular formula is C20H26N2O3S. The average Bonchev–Trinajstić information content (AvgIpc) is 2.61. The highest BCUT2D eigenvalue weighted by molar-refractivity contribution is 8.04. The molecule has 2 aliphatic rings. The number of ether oxygens (including phenoxy) is 2. The van der Waals surface area contributed by atoms with E-state index in [4.69, 9.17) is 14.5 Å². The maximum atomic E-state index is 12.1. The molecule has 5 nitrogen and oxygen atoms in total. The molecule has 1 N–H and O–H groups in total. The van der Waals surface area contributed by atoms with E-state index in [-0.39, 0.29) is 17.4 Å². The Morgan fingerprint density at radius 2 is 2.04 bits per heavy atom. The Labute approximate surface area is 159 Å². The van der Waals surface area contributed by atoms with Gasteiger partial charge in [-0.2, -0.15) is 0 Å². The van der Waals surface area contributed by atoms with E-state index in [1.807, 2.05) is 31.2 Å². The Hall–Kier alpha value is -1.95. The van der Waals surface area contributed by atoms with E-state index in [0.717, 1.165) is 35.7 Å². The number of nitrogens with one attached hydrogen (secondary N) is 1. The van der Waals surface area contributed by atoms with Crippen molar-refractivity contribution in [1.29, 1.82) is 0 Å². The lowest BCUT2D eigenvalue weighted by Gasteiger charge is -2.38. The van der Waals surface area contributed by atoms with Gasteiger partial charge in [0, 0.05) is 16.4 Å². The first-order valence-electron chi connectivity index (χ1n) is 8.93. The van der Waals surface area contributed by atoms with Crippen molar-refractivity contribution in [2.45, 2.75) is 39.7 Å². The fourth-order valence-electron chi connectivity index (χ4n) is 3.31. The van der Waals surface area contributed by atoms with E-state index in [1.54, 1.807) is 18.9 Å². The molecule has 0 aromatic heterocycles. The number of allylic oxidation sites excluding steroid dienone is 2. The lowest BCUT2D eigenvalue weighted by molar-refractivity contribution is -0.144. The minimum atomic E-state index is -0.283. The van der Waals surface area contributed by atoms with E-state index in [9.17, 15) is 4.79 Å². The van der Waals surface area contributed by atoms with Gasteiger partial charge in [-0.15, -0.1) is 11.8 Å². The van der Waals surface area contributed by atoms with Crippen molar-refractivity contribution < 1.29 is 14.3 Å². The Balaban J connectivity index is 1.89. The molecule has 140 valence electrons. The van der Waals surface area contributed by atoms with Gasteiger partial charge in [0.05, 0.1) is 25.1 Å². The number of nitrogens with zero attached hydrogens (tertiary/aromatic N) is 1. The molecule has 1 aromatic rings. The summed E-state index contributed by atoms with van der Waals surface area (Å²) in [7, 11) is 1.66. The van der Waals surface area contributed by atoms with Gasteiger partial charge in [0.2, 0.25) is 0 Å². The minimum Gasteiger partial charge on any atom is -0.497 e. The highest BCUT2D eigenvalue weighted by atomic mass is 32.2. The first-order chi connectivity index (χ1) is 12.4. The summed E-state index contributed by atoms with van der Waals surface area (Å²) in [5, 5.41) is 3.41. The van der Waals surface area contributed by atoms with Crippen molar-refractivity contribution in [3.8, 4) is 5.75 Å². The van der Waals surface area contributed by atoms with Gasteiger partial charge in [-0.1, -0.05) is 13.8 Å². The molecule has 0 saturated carbocycles. The van der Waals surface area contributed by atoms with Crippen molar-refractivity contribution in [2.75, 3.05) is 19.5 Å². The molecule has 1 heterocycles. The number of hydrogen-bond donors (Lipinski definition) is 1. The zero-order chi connectivity index (χ0) is 18.7. The van der Waals surface area contributed by atoms with Crippen LogP contribution in [0.2, 0.25) is 0 Å². The van der Waals surface area contributed by atoms with Crippen LogP contribution in [0.3, 0.4) is 0 Å². The van der Waals surface area contributed by atoms with Crippen molar-refractivity contribution in [3.63, 3.8) is 0 Å². The second kappa shape index (κ2) is 7.74. The Kier molecular flexibility index (Phi) is 5.61. The molecule has 1 aliphatic heterocycles. The third kappa shape index (κ3) is 4.23. The van der Waals surface area contributed by atoms with E-state index in [2.05, 4.69) is 19.2 Å². The van der Waals surface area contributed by atoms with Crippen LogP contribution in [0.25, 0.3) is 0 Å². The first kappa shape index (κ1) is 18.8. The van der Waals surface area contributed by atoms with Crippen LogP contribution in [-0.4, -0.2) is 37.2 Å². The van der Waals surface area contributed by atoms with Gasteiger partial charge in [-0.25, -0.2) is 4.79 Å². The number of thioether (sulfide) groups is 1. The zero-order valence-electron chi connectivity index (χ0n) is 15.8. The highest BCUT2D eigenvalue weighted by Gasteiger charge is 2.37. The number of esters is 1. The van der Waals surface area contributed by atoms with Crippen LogP contribution in [0, 0.1) is 5.41 Å². The van der Waals surface area contributed by atoms with E-state index < -0.39 is 0 Å². The minimum absolute atomic E-state index is 0.0915. The quantitative estimate of drug-likeness (QED) is 0.805. The standard InChI is InChI=1S/C20H26N2O3S/c1-5-25-19(23)17-12-26-18-15(10-20(2,3)11-16(18)22-17)21-13-6-8-14(24-4)9-7-13/h6-9,17,22H,5,10-12H2,1-4H3/t17-/m0/s1. The fraction of sp³-hybridized carbons (Fsp3) is 0.500. The van der Waals surface area contributed by atoms with Crippen LogP contribution in [0.15, 0.2) is 39.9 Å². The lowest BCUT2D eigenvalue weighted by Crippen LogP contribution is -2.45. The van der Waals surface area contributed by atoms with E-state index >= 15 is 0 Å². The van der Waals surface area contributed by atoms with Gasteiger partial charge in [0.1, 0.15) is 11.8 Å². The molecule has 1 aliphatic carbocycles. The van der Waals surface area contributed by atoms with Gasteiger partial charge < -0.3 is 14.8 Å². The van der Waals surface area contributed by atoms with E-state index in [1.165, 1.54) is 4.91 Å². The molecule has 6 heteroatoms. The summed E-state index contributed by atoms with van der Waals surface area (Å²) in [4.78, 5) is 18.2. The first-order valence-corrected chi connectivity index (χ1v) is 9.91. The summed E-state index contributed by atoms with van der Waals surface area (Å²) in [5.74, 6) is 1.31. The molecule has 0 bridgehead atoms. The van der Waals surface area contributed by atoms with Crippen LogP contribution in [0.5, 0.6) is 5.75 Å². The summed E-state index contributed by atoms with van der Waals surface area (Å²) in [6.07, 6.45) is 1.82. The molecule has 0 spiro atoms. The van der Waals surface area contributed by atoms with Crippen LogP contribution >= 0.6 is 11.8 Å². The molecule has 1 atom stereocenters. The molecule has 0 unspecified atom stereocenters. The summed E-state index contributed by atoms with van der Waals surface area (Å²) < 4.78 is 10.4. The number of aliphatic imine (C=N–C) groups is 1.